The fourth-order valence-electron chi connectivity index (χ4n) is 0.583. The van der Waals surface area contributed by atoms with Crippen LogP contribution in [0.15, 0.2) is 0 Å². The van der Waals surface area contributed by atoms with E-state index in [9.17, 15) is 9.59 Å². The highest BCUT2D eigenvalue weighted by Crippen LogP contribution is 2.34. The van der Waals surface area contributed by atoms with E-state index in [4.69, 9.17) is 39.9 Å². The van der Waals surface area contributed by atoms with E-state index in [0.717, 1.165) is 6.92 Å². The number of esters is 1. The zero-order valence-electron chi connectivity index (χ0n) is 6.59. The van der Waals surface area contributed by atoms with Gasteiger partial charge in [-0.05, 0) is 0 Å². The lowest BCUT2D eigenvalue weighted by Crippen LogP contribution is -2.32. The first-order chi connectivity index (χ1) is 5.73. The number of hydrogen-bond acceptors (Lipinski definition) is 3. The molecule has 0 aliphatic rings. The number of carbonyl (C=O) groups is 2. The van der Waals surface area contributed by atoms with Crippen LogP contribution in [-0.2, 0) is 14.3 Å². The summed E-state index contributed by atoms with van der Waals surface area (Å²) in [7, 11) is 0. The summed E-state index contributed by atoms with van der Waals surface area (Å²) in [6.07, 6.45) is -1.82. The second-order valence-corrected chi connectivity index (χ2v) is 4.61. The molecule has 13 heavy (non-hydrogen) atoms. The highest BCUT2D eigenvalue weighted by molar-refractivity contribution is 6.68. The quantitative estimate of drug-likeness (QED) is 0.611. The van der Waals surface area contributed by atoms with E-state index in [0.29, 0.717) is 0 Å². The lowest BCUT2D eigenvalue weighted by atomic mass is 10.3. The standard InChI is InChI=1S/C6H7Cl3O4/c1-3(10)13-4(2-5(11)12)6(7,8)9/h4H,2H2,1H3,(H,11,12)/t4-/m1/s1. The molecule has 0 spiro atoms. The second kappa shape index (κ2) is 4.88. The van der Waals surface area contributed by atoms with Crippen molar-refractivity contribution in [3.8, 4) is 0 Å². The summed E-state index contributed by atoms with van der Waals surface area (Å²) in [6.45, 7) is 1.10. The van der Waals surface area contributed by atoms with Crippen LogP contribution in [0, 0.1) is 0 Å². The molecule has 0 amide bonds. The molecule has 1 N–H and O–H groups in total. The van der Waals surface area contributed by atoms with Gasteiger partial charge in [-0.15, -0.1) is 0 Å². The summed E-state index contributed by atoms with van der Waals surface area (Å²) in [5.41, 5.74) is 0. The molecule has 0 saturated heterocycles. The number of halogens is 3. The van der Waals surface area contributed by atoms with E-state index in [1.807, 2.05) is 0 Å². The molecule has 0 bridgehead atoms. The van der Waals surface area contributed by atoms with Gasteiger partial charge in [-0.1, -0.05) is 34.8 Å². The fraction of sp³-hybridized carbons (Fsp3) is 0.667. The third kappa shape index (κ3) is 5.96. The molecule has 0 aromatic heterocycles. The van der Waals surface area contributed by atoms with Crippen molar-refractivity contribution in [2.24, 2.45) is 0 Å². The summed E-state index contributed by atoms with van der Waals surface area (Å²) < 4.78 is 2.58. The Labute approximate surface area is 89.7 Å². The number of rotatable bonds is 3. The Bertz CT molecular complexity index is 194. The number of hydrogen-bond donors (Lipinski definition) is 1. The molecule has 0 radical (unpaired) electrons. The molecule has 7 heteroatoms. The summed E-state index contributed by atoms with van der Waals surface area (Å²) >= 11 is 16.1. The van der Waals surface area contributed by atoms with Gasteiger partial charge in [-0.25, -0.2) is 0 Å². The smallest absolute Gasteiger partial charge is 0.307 e. The Balaban J connectivity index is 4.37. The number of aliphatic carboxylic acids is 1. The van der Waals surface area contributed by atoms with Crippen LogP contribution in [0.1, 0.15) is 13.3 Å². The van der Waals surface area contributed by atoms with Crippen LogP contribution in [-0.4, -0.2) is 26.9 Å². The summed E-state index contributed by atoms with van der Waals surface area (Å²) in [4.78, 5) is 20.8. The molecule has 4 nitrogen and oxygen atoms in total. The van der Waals surface area contributed by atoms with E-state index >= 15 is 0 Å². The topological polar surface area (TPSA) is 63.6 Å². The number of alkyl halides is 3. The minimum Gasteiger partial charge on any atom is -0.481 e. The lowest BCUT2D eigenvalue weighted by molar-refractivity contribution is -0.150. The number of carboxylic acids is 1. The molecule has 0 aliphatic heterocycles. The molecule has 0 rings (SSSR count). The second-order valence-electron chi connectivity index (χ2n) is 2.24. The molecule has 0 fully saturated rings. The van der Waals surface area contributed by atoms with Gasteiger partial charge in [0.25, 0.3) is 0 Å². The monoisotopic (exact) mass is 248 g/mol. The van der Waals surface area contributed by atoms with E-state index in [-0.39, 0.29) is 0 Å². The Morgan fingerprint density at radius 2 is 1.92 bits per heavy atom. The van der Waals surface area contributed by atoms with E-state index in [1.54, 1.807) is 0 Å². The molecule has 1 atom stereocenters. The van der Waals surface area contributed by atoms with Crippen LogP contribution in [0.25, 0.3) is 0 Å². The van der Waals surface area contributed by atoms with Crippen molar-refractivity contribution in [3.05, 3.63) is 0 Å². The fourth-order valence-corrected chi connectivity index (χ4v) is 0.948. The summed E-state index contributed by atoms with van der Waals surface area (Å²) in [6, 6.07) is 0. The van der Waals surface area contributed by atoms with Gasteiger partial charge in [0.1, 0.15) is 0 Å². The van der Waals surface area contributed by atoms with Gasteiger partial charge in [0.15, 0.2) is 6.10 Å². The van der Waals surface area contributed by atoms with Gasteiger partial charge in [0.05, 0.1) is 6.42 Å². The Morgan fingerprint density at radius 1 is 1.46 bits per heavy atom. The Kier molecular flexibility index (Phi) is 4.81. The van der Waals surface area contributed by atoms with Crippen LogP contribution in [0.5, 0.6) is 0 Å². The first-order valence-corrected chi connectivity index (χ1v) is 4.32. The van der Waals surface area contributed by atoms with Crippen LogP contribution >= 0.6 is 34.8 Å². The largest absolute Gasteiger partial charge is 0.481 e. The predicted octanol–water partition coefficient (Wildman–Crippen LogP) is 1.76. The Hall–Kier alpha value is -0.190. The molecule has 0 unspecified atom stereocenters. The van der Waals surface area contributed by atoms with Crippen LogP contribution in [0.2, 0.25) is 0 Å². The molecule has 0 aromatic rings. The number of carboxylic acid groups (broad SMARTS) is 1. The van der Waals surface area contributed by atoms with Gasteiger partial charge < -0.3 is 9.84 Å². The SMILES string of the molecule is CC(=O)O[C@H](CC(=O)O)C(Cl)(Cl)Cl. The Morgan fingerprint density at radius 3 is 2.15 bits per heavy atom. The molecule has 76 valence electrons. The average Bonchev–Trinajstić information content (AvgIpc) is 1.81. The van der Waals surface area contributed by atoms with Crippen molar-refractivity contribution in [3.63, 3.8) is 0 Å². The maximum Gasteiger partial charge on any atom is 0.307 e. The van der Waals surface area contributed by atoms with Crippen molar-refractivity contribution in [1.82, 2.24) is 0 Å². The van der Waals surface area contributed by atoms with E-state index < -0.39 is 28.3 Å². The predicted molar refractivity (Wildman–Crippen MR) is 48.1 cm³/mol. The van der Waals surface area contributed by atoms with Crippen molar-refractivity contribution >= 4 is 46.7 Å². The summed E-state index contributed by atoms with van der Waals surface area (Å²) in [5, 5.41) is 8.39. The first kappa shape index (κ1) is 12.8. The van der Waals surface area contributed by atoms with Gasteiger partial charge in [-0.2, -0.15) is 0 Å². The van der Waals surface area contributed by atoms with Gasteiger partial charge in [-0.3, -0.25) is 9.59 Å². The van der Waals surface area contributed by atoms with E-state index in [1.165, 1.54) is 0 Å². The van der Waals surface area contributed by atoms with Crippen LogP contribution in [0.3, 0.4) is 0 Å². The van der Waals surface area contributed by atoms with Crippen molar-refractivity contribution in [1.29, 1.82) is 0 Å². The minimum atomic E-state index is -1.93. The normalized spacial score (nSPS) is 13.5. The first-order valence-electron chi connectivity index (χ1n) is 3.19. The molecule has 0 saturated carbocycles. The highest BCUT2D eigenvalue weighted by Gasteiger charge is 2.37. The van der Waals surface area contributed by atoms with Gasteiger partial charge in [0, 0.05) is 6.92 Å². The van der Waals surface area contributed by atoms with Crippen molar-refractivity contribution in [2.45, 2.75) is 23.2 Å². The van der Waals surface area contributed by atoms with E-state index in [2.05, 4.69) is 4.74 Å². The maximum atomic E-state index is 10.5. The molecule has 0 aromatic carbocycles. The van der Waals surface area contributed by atoms with Crippen molar-refractivity contribution < 1.29 is 19.4 Å². The minimum absolute atomic E-state index is 0.546. The molecular weight excluding hydrogens is 242 g/mol. The lowest BCUT2D eigenvalue weighted by Gasteiger charge is -2.21. The number of ether oxygens (including phenoxy) is 1. The molecule has 0 heterocycles. The zero-order chi connectivity index (χ0) is 10.6. The van der Waals surface area contributed by atoms with Gasteiger partial charge in [0.2, 0.25) is 3.79 Å². The average molecular weight is 249 g/mol. The highest BCUT2D eigenvalue weighted by atomic mass is 35.6. The van der Waals surface area contributed by atoms with Gasteiger partial charge >= 0.3 is 11.9 Å². The van der Waals surface area contributed by atoms with Crippen LogP contribution < -0.4 is 0 Å². The number of carbonyl (C=O) groups excluding carboxylic acids is 1. The van der Waals surface area contributed by atoms with Crippen LogP contribution in [0.4, 0.5) is 0 Å². The molecular formula is C6H7Cl3O4. The summed E-state index contributed by atoms with van der Waals surface area (Å²) in [5.74, 6) is -1.91. The zero-order valence-corrected chi connectivity index (χ0v) is 8.86. The third-order valence-corrected chi connectivity index (χ3v) is 1.76. The van der Waals surface area contributed by atoms with Crippen molar-refractivity contribution in [2.75, 3.05) is 0 Å². The molecule has 0 aliphatic carbocycles. The maximum absolute atomic E-state index is 10.5. The third-order valence-electron chi connectivity index (χ3n) is 1.03.